The summed E-state index contributed by atoms with van der Waals surface area (Å²) in [5, 5.41) is 10.8. The van der Waals surface area contributed by atoms with Crippen LogP contribution in [0.1, 0.15) is 6.42 Å². The normalized spacial score (nSPS) is 9.11. The van der Waals surface area contributed by atoms with Crippen molar-refractivity contribution in [3.8, 4) is 0 Å². The van der Waals surface area contributed by atoms with E-state index in [1.165, 1.54) is 0 Å². The molecule has 0 fully saturated rings. The highest BCUT2D eigenvalue weighted by atomic mass is 35.5. The molecule has 0 saturated carbocycles. The quantitative estimate of drug-likeness (QED) is 0.429. The zero-order valence-electron chi connectivity index (χ0n) is 5.06. The van der Waals surface area contributed by atoms with Gasteiger partial charge in [0.25, 0.3) is 0 Å². The van der Waals surface area contributed by atoms with E-state index in [1.54, 1.807) is 0 Å². The molecule has 2 N–H and O–H groups in total. The minimum absolute atomic E-state index is 0.00850. The molecule has 3 nitrogen and oxygen atoms in total. The SMILES string of the molecule is O=C(CCl)NCCCO. The smallest absolute Gasteiger partial charge is 0.234 e. The van der Waals surface area contributed by atoms with Crippen LogP contribution in [0.2, 0.25) is 0 Å². The Balaban J connectivity index is 2.97. The van der Waals surface area contributed by atoms with Gasteiger partial charge in [-0.15, -0.1) is 11.6 Å². The van der Waals surface area contributed by atoms with Crippen molar-refractivity contribution < 1.29 is 9.90 Å². The van der Waals surface area contributed by atoms with Crippen LogP contribution >= 0.6 is 11.6 Å². The largest absolute Gasteiger partial charge is 0.396 e. The molecule has 0 unspecified atom stereocenters. The minimum atomic E-state index is -0.190. The Morgan fingerprint density at radius 1 is 1.67 bits per heavy atom. The second-order valence-electron chi connectivity index (χ2n) is 1.56. The van der Waals surface area contributed by atoms with Crippen LogP contribution in [0.3, 0.4) is 0 Å². The number of amides is 1. The predicted octanol–water partition coefficient (Wildman–Crippen LogP) is -0.276. The van der Waals surface area contributed by atoms with Gasteiger partial charge in [0.1, 0.15) is 5.88 Å². The number of rotatable bonds is 4. The number of alkyl halides is 1. The van der Waals surface area contributed by atoms with Gasteiger partial charge in [-0.1, -0.05) is 0 Å². The Morgan fingerprint density at radius 3 is 2.78 bits per heavy atom. The van der Waals surface area contributed by atoms with Crippen molar-refractivity contribution in [3.05, 3.63) is 0 Å². The van der Waals surface area contributed by atoms with Gasteiger partial charge in [-0.2, -0.15) is 0 Å². The summed E-state index contributed by atoms with van der Waals surface area (Å²) in [6, 6.07) is 0. The van der Waals surface area contributed by atoms with E-state index in [9.17, 15) is 4.79 Å². The molecular formula is C5H10ClNO2. The average molecular weight is 152 g/mol. The number of carbonyl (C=O) groups is 1. The Bertz CT molecular complexity index is 87.0. The maximum Gasteiger partial charge on any atom is 0.234 e. The van der Waals surface area contributed by atoms with Crippen molar-refractivity contribution in [1.82, 2.24) is 5.32 Å². The van der Waals surface area contributed by atoms with Crippen molar-refractivity contribution in [2.75, 3.05) is 19.0 Å². The van der Waals surface area contributed by atoms with E-state index in [4.69, 9.17) is 16.7 Å². The Morgan fingerprint density at radius 2 is 2.33 bits per heavy atom. The van der Waals surface area contributed by atoms with Gasteiger partial charge < -0.3 is 10.4 Å². The van der Waals surface area contributed by atoms with Crippen LogP contribution in [0, 0.1) is 0 Å². The fraction of sp³-hybridized carbons (Fsp3) is 0.800. The zero-order chi connectivity index (χ0) is 7.11. The summed E-state index contributed by atoms with van der Waals surface area (Å²) >= 11 is 5.16. The number of hydrogen-bond acceptors (Lipinski definition) is 2. The van der Waals surface area contributed by atoms with Gasteiger partial charge in [-0.05, 0) is 6.42 Å². The number of aliphatic hydroxyl groups excluding tert-OH is 1. The van der Waals surface area contributed by atoms with Gasteiger partial charge in [-0.25, -0.2) is 0 Å². The average Bonchev–Trinajstić information content (AvgIpc) is 1.89. The molecule has 1 amide bonds. The summed E-state index contributed by atoms with van der Waals surface area (Å²) in [4.78, 5) is 10.4. The maximum absolute atomic E-state index is 10.4. The number of hydrogen-bond donors (Lipinski definition) is 2. The van der Waals surface area contributed by atoms with Crippen LogP contribution in [0.25, 0.3) is 0 Å². The molecule has 0 radical (unpaired) electrons. The Labute approximate surface area is 59.0 Å². The lowest BCUT2D eigenvalue weighted by Gasteiger charge is -1.98. The lowest BCUT2D eigenvalue weighted by Crippen LogP contribution is -2.25. The maximum atomic E-state index is 10.4. The van der Waals surface area contributed by atoms with Crippen molar-refractivity contribution in [1.29, 1.82) is 0 Å². The highest BCUT2D eigenvalue weighted by Gasteiger charge is 1.93. The highest BCUT2D eigenvalue weighted by Crippen LogP contribution is 1.75. The summed E-state index contributed by atoms with van der Waals surface area (Å²) in [7, 11) is 0. The first-order chi connectivity index (χ1) is 4.31. The summed E-state index contributed by atoms with van der Waals surface area (Å²) in [6.45, 7) is 0.602. The second-order valence-corrected chi connectivity index (χ2v) is 1.83. The van der Waals surface area contributed by atoms with Gasteiger partial charge in [0, 0.05) is 13.2 Å². The molecule has 0 aliphatic carbocycles. The van der Waals surface area contributed by atoms with E-state index in [0.717, 1.165) is 0 Å². The molecule has 0 spiro atoms. The molecule has 0 bridgehead atoms. The van der Waals surface area contributed by atoms with Crippen LogP contribution in [0.5, 0.6) is 0 Å². The molecule has 4 heteroatoms. The minimum Gasteiger partial charge on any atom is -0.396 e. The third-order valence-electron chi connectivity index (χ3n) is 0.778. The summed E-state index contributed by atoms with van der Waals surface area (Å²) in [5.41, 5.74) is 0. The van der Waals surface area contributed by atoms with Crippen molar-refractivity contribution in [2.24, 2.45) is 0 Å². The lowest BCUT2D eigenvalue weighted by atomic mass is 10.4. The van der Waals surface area contributed by atoms with Crippen LogP contribution in [-0.2, 0) is 4.79 Å². The van der Waals surface area contributed by atoms with Crippen molar-refractivity contribution in [2.45, 2.75) is 6.42 Å². The van der Waals surface area contributed by atoms with Crippen LogP contribution < -0.4 is 5.32 Å². The zero-order valence-corrected chi connectivity index (χ0v) is 5.82. The molecule has 0 aromatic carbocycles. The third-order valence-corrected chi connectivity index (χ3v) is 1.02. The van der Waals surface area contributed by atoms with E-state index < -0.39 is 0 Å². The molecule has 0 heterocycles. The molecular weight excluding hydrogens is 142 g/mol. The van der Waals surface area contributed by atoms with E-state index in [-0.39, 0.29) is 18.4 Å². The number of nitrogens with one attached hydrogen (secondary N) is 1. The Hall–Kier alpha value is -0.280. The molecule has 0 rings (SSSR count). The number of aliphatic hydroxyl groups is 1. The van der Waals surface area contributed by atoms with E-state index >= 15 is 0 Å². The molecule has 0 aromatic heterocycles. The molecule has 9 heavy (non-hydrogen) atoms. The monoisotopic (exact) mass is 151 g/mol. The highest BCUT2D eigenvalue weighted by molar-refractivity contribution is 6.27. The molecule has 0 aromatic rings. The molecule has 54 valence electrons. The molecule has 0 aliphatic rings. The fourth-order valence-corrected chi connectivity index (χ4v) is 0.449. The van der Waals surface area contributed by atoms with Gasteiger partial charge in [0.15, 0.2) is 0 Å². The number of carbonyl (C=O) groups excluding carboxylic acids is 1. The molecule has 0 saturated heterocycles. The topological polar surface area (TPSA) is 49.3 Å². The number of halogens is 1. The van der Waals surface area contributed by atoms with Crippen molar-refractivity contribution in [3.63, 3.8) is 0 Å². The first kappa shape index (κ1) is 8.72. The first-order valence-electron chi connectivity index (χ1n) is 2.74. The van der Waals surface area contributed by atoms with Gasteiger partial charge in [-0.3, -0.25) is 4.79 Å². The van der Waals surface area contributed by atoms with Crippen molar-refractivity contribution >= 4 is 17.5 Å². The summed E-state index contributed by atoms with van der Waals surface area (Å²) in [6.07, 6.45) is 0.586. The van der Waals surface area contributed by atoms with Gasteiger partial charge in [0.2, 0.25) is 5.91 Å². The van der Waals surface area contributed by atoms with Gasteiger partial charge in [0.05, 0.1) is 0 Å². The summed E-state index contributed by atoms with van der Waals surface area (Å²) < 4.78 is 0. The van der Waals surface area contributed by atoms with E-state index in [0.29, 0.717) is 13.0 Å². The van der Waals surface area contributed by atoms with E-state index in [1.807, 2.05) is 0 Å². The fourth-order valence-electron chi connectivity index (χ4n) is 0.354. The standard InChI is InChI=1S/C5H10ClNO2/c6-4-5(9)7-2-1-3-8/h8H,1-4H2,(H,7,9). The van der Waals surface area contributed by atoms with Gasteiger partial charge >= 0.3 is 0 Å². The van der Waals surface area contributed by atoms with Crippen LogP contribution in [-0.4, -0.2) is 30.0 Å². The van der Waals surface area contributed by atoms with E-state index in [2.05, 4.69) is 5.32 Å². The summed E-state index contributed by atoms with van der Waals surface area (Å²) in [5.74, 6) is -0.198. The van der Waals surface area contributed by atoms with Crippen LogP contribution in [0.4, 0.5) is 0 Å². The second kappa shape index (κ2) is 5.85. The van der Waals surface area contributed by atoms with Crippen LogP contribution in [0.15, 0.2) is 0 Å². The Kier molecular flexibility index (Phi) is 5.67. The first-order valence-corrected chi connectivity index (χ1v) is 3.28. The lowest BCUT2D eigenvalue weighted by molar-refractivity contribution is -0.118. The third kappa shape index (κ3) is 5.59. The molecule has 0 aliphatic heterocycles. The molecule has 0 atom stereocenters. The predicted molar refractivity (Wildman–Crippen MR) is 35.4 cm³/mol.